The standard InChI is InChI=1S/C23H30N4O2/c1-15-7-8-21(16(2)12-15)29-17(3)23(28)27-10-5-6-20(27)22-24-13-18-14-26(4)11-9-19(18)25-22/h7-8,12-13,17,20H,5-6,9-11,14H2,1-4H3/t17-,20-/m0/s1. The van der Waals surface area contributed by atoms with Crippen molar-refractivity contribution in [1.82, 2.24) is 19.8 Å². The number of carbonyl (C=O) groups is 1. The predicted molar refractivity (Wildman–Crippen MR) is 112 cm³/mol. The summed E-state index contributed by atoms with van der Waals surface area (Å²) in [7, 11) is 2.12. The van der Waals surface area contributed by atoms with Crippen molar-refractivity contribution in [3.8, 4) is 5.75 Å². The molecule has 4 rings (SSSR count). The molecule has 0 aliphatic carbocycles. The van der Waals surface area contributed by atoms with Crippen LogP contribution in [0.3, 0.4) is 0 Å². The number of nitrogens with zero attached hydrogens (tertiary/aromatic N) is 4. The lowest BCUT2D eigenvalue weighted by molar-refractivity contribution is -0.139. The largest absolute Gasteiger partial charge is 0.481 e. The van der Waals surface area contributed by atoms with Gasteiger partial charge < -0.3 is 14.5 Å². The molecule has 6 heteroatoms. The maximum atomic E-state index is 13.2. The summed E-state index contributed by atoms with van der Waals surface area (Å²) in [5.41, 5.74) is 4.56. The average molecular weight is 395 g/mol. The Labute approximate surface area is 172 Å². The second kappa shape index (κ2) is 8.11. The molecule has 1 amide bonds. The number of likely N-dealkylation sites (N-methyl/N-ethyl adjacent to an activating group) is 1. The van der Waals surface area contributed by atoms with E-state index in [0.717, 1.165) is 61.7 Å². The van der Waals surface area contributed by atoms with Crippen LogP contribution in [0.4, 0.5) is 0 Å². The van der Waals surface area contributed by atoms with Gasteiger partial charge in [0.05, 0.1) is 6.04 Å². The van der Waals surface area contributed by atoms with Crippen molar-refractivity contribution in [3.05, 3.63) is 52.6 Å². The number of hydrogen-bond donors (Lipinski definition) is 0. The molecule has 2 aliphatic rings. The number of rotatable bonds is 4. The van der Waals surface area contributed by atoms with E-state index in [1.165, 1.54) is 11.1 Å². The fourth-order valence-electron chi connectivity index (χ4n) is 4.34. The number of carbonyl (C=O) groups excluding carboxylic acids is 1. The molecule has 2 aliphatic heterocycles. The van der Waals surface area contributed by atoms with Crippen LogP contribution in [-0.4, -0.2) is 51.9 Å². The van der Waals surface area contributed by atoms with Crippen LogP contribution in [0.25, 0.3) is 0 Å². The van der Waals surface area contributed by atoms with Crippen LogP contribution >= 0.6 is 0 Å². The summed E-state index contributed by atoms with van der Waals surface area (Å²) in [5.74, 6) is 1.55. The van der Waals surface area contributed by atoms with E-state index in [0.29, 0.717) is 0 Å². The van der Waals surface area contributed by atoms with Gasteiger partial charge in [0.1, 0.15) is 5.75 Å². The first-order chi connectivity index (χ1) is 13.9. The van der Waals surface area contributed by atoms with Gasteiger partial charge in [0, 0.05) is 43.5 Å². The molecule has 2 aromatic rings. The summed E-state index contributed by atoms with van der Waals surface area (Å²) in [5, 5.41) is 0. The van der Waals surface area contributed by atoms with Crippen LogP contribution in [0.5, 0.6) is 5.75 Å². The van der Waals surface area contributed by atoms with Gasteiger partial charge in [-0.1, -0.05) is 17.7 Å². The van der Waals surface area contributed by atoms with E-state index in [1.807, 2.05) is 37.1 Å². The molecule has 0 N–H and O–H groups in total. The Kier molecular flexibility index (Phi) is 5.54. The molecule has 0 spiro atoms. The van der Waals surface area contributed by atoms with E-state index in [2.05, 4.69) is 29.9 Å². The summed E-state index contributed by atoms with van der Waals surface area (Å²) in [6.45, 7) is 8.53. The first kappa shape index (κ1) is 19.8. The van der Waals surface area contributed by atoms with Crippen LogP contribution in [0.2, 0.25) is 0 Å². The van der Waals surface area contributed by atoms with E-state index < -0.39 is 6.10 Å². The van der Waals surface area contributed by atoms with E-state index in [9.17, 15) is 4.79 Å². The summed E-state index contributed by atoms with van der Waals surface area (Å²) < 4.78 is 6.02. The monoisotopic (exact) mass is 394 g/mol. The summed E-state index contributed by atoms with van der Waals surface area (Å²) >= 11 is 0. The van der Waals surface area contributed by atoms with E-state index in [1.54, 1.807) is 0 Å². The second-order valence-corrected chi connectivity index (χ2v) is 8.41. The Balaban J connectivity index is 1.49. The lowest BCUT2D eigenvalue weighted by atomic mass is 10.1. The highest BCUT2D eigenvalue weighted by Crippen LogP contribution is 2.32. The highest BCUT2D eigenvalue weighted by Gasteiger charge is 2.35. The molecule has 1 saturated heterocycles. The van der Waals surface area contributed by atoms with Gasteiger partial charge in [0.2, 0.25) is 0 Å². The molecule has 0 unspecified atom stereocenters. The minimum atomic E-state index is -0.539. The predicted octanol–water partition coefficient (Wildman–Crippen LogP) is 3.21. The first-order valence-corrected chi connectivity index (χ1v) is 10.5. The van der Waals surface area contributed by atoms with E-state index >= 15 is 0 Å². The van der Waals surface area contributed by atoms with Gasteiger partial charge in [-0.05, 0) is 52.3 Å². The molecule has 0 radical (unpaired) electrons. The van der Waals surface area contributed by atoms with Crippen molar-refractivity contribution in [2.45, 2.75) is 58.7 Å². The Morgan fingerprint density at radius 2 is 2.10 bits per heavy atom. The zero-order chi connectivity index (χ0) is 20.5. The van der Waals surface area contributed by atoms with Gasteiger partial charge in [-0.15, -0.1) is 0 Å². The molecular weight excluding hydrogens is 364 g/mol. The molecule has 1 aromatic carbocycles. The van der Waals surface area contributed by atoms with E-state index in [-0.39, 0.29) is 11.9 Å². The Hall–Kier alpha value is -2.47. The number of fused-ring (bicyclic) bond motifs is 1. The SMILES string of the molecule is Cc1ccc(O[C@@H](C)C(=O)N2CCC[C@H]2c2ncc3c(n2)CCN(C)C3)c(C)c1. The van der Waals surface area contributed by atoms with Crippen LogP contribution in [-0.2, 0) is 17.8 Å². The van der Waals surface area contributed by atoms with Gasteiger partial charge in [-0.3, -0.25) is 4.79 Å². The third-order valence-corrected chi connectivity index (χ3v) is 5.96. The summed E-state index contributed by atoms with van der Waals surface area (Å²) in [6.07, 6.45) is 4.22. The topological polar surface area (TPSA) is 58.6 Å². The quantitative estimate of drug-likeness (QED) is 0.797. The maximum Gasteiger partial charge on any atom is 0.263 e. The molecule has 3 heterocycles. The minimum Gasteiger partial charge on any atom is -0.481 e. The van der Waals surface area contributed by atoms with Gasteiger partial charge in [0.15, 0.2) is 11.9 Å². The van der Waals surface area contributed by atoms with Crippen LogP contribution in [0, 0.1) is 13.8 Å². The maximum absolute atomic E-state index is 13.2. The van der Waals surface area contributed by atoms with Gasteiger partial charge in [-0.2, -0.15) is 0 Å². The summed E-state index contributed by atoms with van der Waals surface area (Å²) in [6, 6.07) is 5.97. The molecule has 1 fully saturated rings. The summed E-state index contributed by atoms with van der Waals surface area (Å²) in [4.78, 5) is 26.9. The Bertz CT molecular complexity index is 914. The Morgan fingerprint density at radius 3 is 2.90 bits per heavy atom. The normalized spacial score (nSPS) is 20.4. The number of amides is 1. The zero-order valence-corrected chi connectivity index (χ0v) is 17.8. The fraction of sp³-hybridized carbons (Fsp3) is 0.522. The first-order valence-electron chi connectivity index (χ1n) is 10.5. The van der Waals surface area contributed by atoms with Crippen molar-refractivity contribution in [2.75, 3.05) is 20.1 Å². The molecule has 1 aromatic heterocycles. The van der Waals surface area contributed by atoms with Gasteiger partial charge in [0.25, 0.3) is 5.91 Å². The Morgan fingerprint density at radius 1 is 1.28 bits per heavy atom. The van der Waals surface area contributed by atoms with Crippen LogP contribution in [0.15, 0.2) is 24.4 Å². The van der Waals surface area contributed by atoms with Crippen molar-refractivity contribution < 1.29 is 9.53 Å². The van der Waals surface area contributed by atoms with Crippen molar-refractivity contribution in [2.24, 2.45) is 0 Å². The number of aryl methyl sites for hydroxylation is 2. The number of aromatic nitrogens is 2. The molecule has 6 nitrogen and oxygen atoms in total. The fourth-order valence-corrected chi connectivity index (χ4v) is 4.34. The highest BCUT2D eigenvalue weighted by atomic mass is 16.5. The van der Waals surface area contributed by atoms with Crippen molar-refractivity contribution >= 4 is 5.91 Å². The van der Waals surface area contributed by atoms with Gasteiger partial charge >= 0.3 is 0 Å². The number of benzene rings is 1. The molecule has 0 saturated carbocycles. The van der Waals surface area contributed by atoms with Crippen LogP contribution in [0.1, 0.15) is 54.0 Å². The zero-order valence-electron chi connectivity index (χ0n) is 17.8. The highest BCUT2D eigenvalue weighted by molar-refractivity contribution is 5.81. The smallest absolute Gasteiger partial charge is 0.263 e. The lowest BCUT2D eigenvalue weighted by Gasteiger charge is -2.29. The molecule has 29 heavy (non-hydrogen) atoms. The third kappa shape index (κ3) is 4.13. The minimum absolute atomic E-state index is 0.00790. The van der Waals surface area contributed by atoms with Crippen LogP contribution < -0.4 is 4.74 Å². The van der Waals surface area contributed by atoms with E-state index in [4.69, 9.17) is 9.72 Å². The number of ether oxygens (including phenoxy) is 1. The molecule has 0 bridgehead atoms. The average Bonchev–Trinajstić information content (AvgIpc) is 3.18. The number of hydrogen-bond acceptors (Lipinski definition) is 5. The molecular formula is C23H30N4O2. The van der Waals surface area contributed by atoms with Gasteiger partial charge in [-0.25, -0.2) is 9.97 Å². The molecule has 2 atom stereocenters. The lowest BCUT2D eigenvalue weighted by Crippen LogP contribution is -2.40. The van der Waals surface area contributed by atoms with Crippen molar-refractivity contribution in [1.29, 1.82) is 0 Å². The van der Waals surface area contributed by atoms with Crippen molar-refractivity contribution in [3.63, 3.8) is 0 Å². The third-order valence-electron chi connectivity index (χ3n) is 5.96. The second-order valence-electron chi connectivity index (χ2n) is 8.41. The molecule has 154 valence electrons. The number of likely N-dealkylation sites (tertiary alicyclic amines) is 1.